The second-order valence-electron chi connectivity index (χ2n) is 14.0. The molecule has 0 atom stereocenters. The fourth-order valence-electron chi connectivity index (χ4n) is 8.28. The Hall–Kier alpha value is -5.58. The lowest BCUT2D eigenvalue weighted by atomic mass is 9.89. The molecule has 50 heavy (non-hydrogen) atoms. The number of hydrogen-bond donors (Lipinski definition) is 0. The van der Waals surface area contributed by atoms with Crippen LogP contribution in [0.15, 0.2) is 115 Å². The van der Waals surface area contributed by atoms with Gasteiger partial charge in [-0.25, -0.2) is 0 Å². The zero-order chi connectivity index (χ0) is 34.3. The molecule has 3 heterocycles. The molecular formula is C46H37N3S. The molecule has 0 radical (unpaired) electrons. The second kappa shape index (κ2) is 11.5. The van der Waals surface area contributed by atoms with E-state index in [-0.39, 0.29) is 0 Å². The molecule has 0 N–H and O–H groups in total. The van der Waals surface area contributed by atoms with Crippen LogP contribution in [-0.4, -0.2) is 14.6 Å². The lowest BCUT2D eigenvalue weighted by molar-refractivity contribution is 1.11. The van der Waals surface area contributed by atoms with E-state index in [2.05, 4.69) is 172 Å². The van der Waals surface area contributed by atoms with Crippen molar-refractivity contribution in [3.05, 3.63) is 149 Å². The number of aromatic nitrogens is 3. The smallest absolute Gasteiger partial charge is 0.168 e. The van der Waals surface area contributed by atoms with Crippen molar-refractivity contribution in [1.29, 1.82) is 0 Å². The molecule has 3 aromatic heterocycles. The van der Waals surface area contributed by atoms with Crippen molar-refractivity contribution < 1.29 is 0 Å². The number of thiophene rings is 1. The van der Waals surface area contributed by atoms with Gasteiger partial charge in [0.1, 0.15) is 0 Å². The minimum Gasteiger partial charge on any atom is -0.282 e. The number of nitrogens with zero attached hydrogens (tertiary/aromatic N) is 3. The van der Waals surface area contributed by atoms with E-state index >= 15 is 0 Å². The van der Waals surface area contributed by atoms with Crippen molar-refractivity contribution in [2.24, 2.45) is 0 Å². The summed E-state index contributed by atoms with van der Waals surface area (Å²) in [7, 11) is 0. The highest BCUT2D eigenvalue weighted by Crippen LogP contribution is 2.45. The molecule has 9 rings (SSSR count). The summed E-state index contributed by atoms with van der Waals surface area (Å²) in [4.78, 5) is 0. The van der Waals surface area contributed by atoms with Crippen LogP contribution in [0, 0.1) is 41.5 Å². The molecule has 0 aliphatic rings. The molecule has 0 aliphatic carbocycles. The Morgan fingerprint density at radius 1 is 0.500 bits per heavy atom. The third kappa shape index (κ3) is 4.86. The van der Waals surface area contributed by atoms with Crippen LogP contribution in [0.2, 0.25) is 0 Å². The molecule has 0 amide bonds. The largest absolute Gasteiger partial charge is 0.282 e. The van der Waals surface area contributed by atoms with Crippen LogP contribution in [0.1, 0.15) is 33.4 Å². The quantitative estimate of drug-likeness (QED) is 0.188. The average molecular weight is 664 g/mol. The van der Waals surface area contributed by atoms with E-state index < -0.39 is 0 Å². The molecule has 242 valence electrons. The van der Waals surface area contributed by atoms with Crippen molar-refractivity contribution >= 4 is 47.9 Å². The molecule has 3 nitrogen and oxygen atoms in total. The highest BCUT2D eigenvalue weighted by atomic mass is 32.1. The maximum absolute atomic E-state index is 4.64. The lowest BCUT2D eigenvalue weighted by Crippen LogP contribution is -1.92. The summed E-state index contributed by atoms with van der Waals surface area (Å²) >= 11 is 1.89. The Morgan fingerprint density at radius 2 is 1.10 bits per heavy atom. The van der Waals surface area contributed by atoms with E-state index in [0.29, 0.717) is 0 Å². The predicted octanol–water partition coefficient (Wildman–Crippen LogP) is 12.8. The Morgan fingerprint density at radius 3 is 1.80 bits per heavy atom. The minimum atomic E-state index is 0.846. The number of rotatable bonds is 4. The van der Waals surface area contributed by atoms with Crippen LogP contribution >= 0.6 is 11.3 Å². The Labute approximate surface area is 296 Å². The minimum absolute atomic E-state index is 0.846. The van der Waals surface area contributed by atoms with Gasteiger partial charge in [-0.1, -0.05) is 90.0 Å². The summed E-state index contributed by atoms with van der Waals surface area (Å²) in [6.07, 6.45) is 2.07. The standard InChI is InChI=1S/C46H37N3S/c1-26-19-28(3)42(29(4)20-26)35-15-16-41-39(23-35)40-25-36(43-30(5)21-27(2)22-31(43)6)24-38(44(40)50-41)33-11-13-34(14-12-33)45-47-48-46-37-10-8-7-9-32(37)17-18-49(45)46/h7-25H,1-6H3. The molecule has 0 aliphatic heterocycles. The predicted molar refractivity (Wildman–Crippen MR) is 214 cm³/mol. The normalized spacial score (nSPS) is 11.8. The molecule has 0 unspecified atom stereocenters. The molecule has 6 aromatic carbocycles. The fourth-order valence-corrected chi connectivity index (χ4v) is 9.48. The average Bonchev–Trinajstić information content (AvgIpc) is 3.69. The first-order chi connectivity index (χ1) is 24.2. The van der Waals surface area contributed by atoms with E-state index in [1.54, 1.807) is 0 Å². The molecule has 0 saturated heterocycles. The van der Waals surface area contributed by atoms with E-state index in [1.165, 1.54) is 86.9 Å². The second-order valence-corrected chi connectivity index (χ2v) is 15.0. The maximum Gasteiger partial charge on any atom is 0.168 e. The van der Waals surface area contributed by atoms with Gasteiger partial charge in [-0.2, -0.15) is 0 Å². The summed E-state index contributed by atoms with van der Waals surface area (Å²) in [5.74, 6) is 0.846. The van der Waals surface area contributed by atoms with Gasteiger partial charge in [0.2, 0.25) is 0 Å². The summed E-state index contributed by atoms with van der Waals surface area (Å²) in [6.45, 7) is 13.3. The van der Waals surface area contributed by atoms with Gasteiger partial charge in [0.25, 0.3) is 0 Å². The van der Waals surface area contributed by atoms with Crippen molar-refractivity contribution in [3.8, 4) is 44.8 Å². The number of hydrogen-bond acceptors (Lipinski definition) is 3. The SMILES string of the molecule is Cc1cc(C)c(-c2ccc3sc4c(-c5ccc(-c6nnc7c8ccccc8ccn67)cc5)cc(-c5c(C)cc(C)cc5C)cc4c3c2)c(C)c1. The number of benzene rings is 6. The van der Waals surface area contributed by atoms with E-state index in [0.717, 1.165) is 27.8 Å². The van der Waals surface area contributed by atoms with Gasteiger partial charge in [-0.15, -0.1) is 21.5 Å². The van der Waals surface area contributed by atoms with Crippen LogP contribution in [0.3, 0.4) is 0 Å². The highest BCUT2D eigenvalue weighted by Gasteiger charge is 2.18. The molecule has 9 aromatic rings. The van der Waals surface area contributed by atoms with Gasteiger partial charge in [0.05, 0.1) is 0 Å². The van der Waals surface area contributed by atoms with Crippen LogP contribution in [0.25, 0.3) is 81.4 Å². The molecule has 0 fully saturated rings. The topological polar surface area (TPSA) is 30.2 Å². The first-order valence-corrected chi connectivity index (χ1v) is 18.1. The van der Waals surface area contributed by atoms with Crippen molar-refractivity contribution in [1.82, 2.24) is 14.6 Å². The Bertz CT molecular complexity index is 2770. The fraction of sp³-hybridized carbons (Fsp3) is 0.130. The first kappa shape index (κ1) is 30.5. The summed E-state index contributed by atoms with van der Waals surface area (Å²) in [5.41, 5.74) is 17.4. The summed E-state index contributed by atoms with van der Waals surface area (Å²) < 4.78 is 4.72. The summed E-state index contributed by atoms with van der Waals surface area (Å²) in [6, 6.07) is 40.4. The number of fused-ring (bicyclic) bond motifs is 6. The van der Waals surface area contributed by atoms with Crippen molar-refractivity contribution in [3.63, 3.8) is 0 Å². The molecule has 4 heteroatoms. The van der Waals surface area contributed by atoms with Crippen LogP contribution in [0.4, 0.5) is 0 Å². The molecule has 0 spiro atoms. The van der Waals surface area contributed by atoms with Gasteiger partial charge in [-0.05, 0) is 127 Å². The van der Waals surface area contributed by atoms with E-state index in [1.807, 2.05) is 11.3 Å². The Kier molecular flexibility index (Phi) is 7.01. The van der Waals surface area contributed by atoms with Crippen LogP contribution in [-0.2, 0) is 0 Å². The number of aryl methyl sites for hydroxylation is 6. The maximum atomic E-state index is 4.64. The first-order valence-electron chi connectivity index (χ1n) is 17.2. The van der Waals surface area contributed by atoms with Crippen molar-refractivity contribution in [2.45, 2.75) is 41.5 Å². The zero-order valence-corrected chi connectivity index (χ0v) is 30.0. The third-order valence-electron chi connectivity index (χ3n) is 10.3. The van der Waals surface area contributed by atoms with E-state index in [9.17, 15) is 0 Å². The Balaban J connectivity index is 1.24. The van der Waals surface area contributed by atoms with Crippen LogP contribution < -0.4 is 0 Å². The van der Waals surface area contributed by atoms with Gasteiger partial charge in [0.15, 0.2) is 11.5 Å². The lowest BCUT2D eigenvalue weighted by Gasteiger charge is -2.15. The monoisotopic (exact) mass is 663 g/mol. The molecule has 0 saturated carbocycles. The number of pyridine rings is 1. The molecule has 0 bridgehead atoms. The van der Waals surface area contributed by atoms with Gasteiger partial charge in [-0.3, -0.25) is 4.40 Å². The molecular weight excluding hydrogens is 627 g/mol. The van der Waals surface area contributed by atoms with E-state index in [4.69, 9.17) is 0 Å². The zero-order valence-electron chi connectivity index (χ0n) is 29.2. The van der Waals surface area contributed by atoms with Gasteiger partial charge >= 0.3 is 0 Å². The highest BCUT2D eigenvalue weighted by molar-refractivity contribution is 7.26. The summed E-state index contributed by atoms with van der Waals surface area (Å²) in [5, 5.41) is 14.1. The third-order valence-corrected chi connectivity index (χ3v) is 11.5. The van der Waals surface area contributed by atoms with Crippen LogP contribution in [0.5, 0.6) is 0 Å². The van der Waals surface area contributed by atoms with Crippen molar-refractivity contribution in [2.75, 3.05) is 0 Å². The van der Waals surface area contributed by atoms with Gasteiger partial charge < -0.3 is 0 Å². The van der Waals surface area contributed by atoms with Gasteiger partial charge in [0, 0.05) is 42.9 Å².